The number of halogens is 2. The molecule has 0 bridgehead atoms. The lowest BCUT2D eigenvalue weighted by Gasteiger charge is -2.04. The van der Waals surface area contributed by atoms with Crippen LogP contribution in [0.4, 0.5) is 4.39 Å². The Morgan fingerprint density at radius 2 is 2.12 bits per heavy atom. The highest BCUT2D eigenvalue weighted by atomic mass is 79.9. The van der Waals surface area contributed by atoms with Crippen molar-refractivity contribution >= 4 is 21.7 Å². The molecule has 0 aliphatic carbocycles. The van der Waals surface area contributed by atoms with E-state index in [0.29, 0.717) is 12.0 Å². The van der Waals surface area contributed by atoms with Crippen LogP contribution < -0.4 is 0 Å². The molecule has 0 saturated carbocycles. The van der Waals surface area contributed by atoms with Gasteiger partial charge >= 0.3 is 0 Å². The van der Waals surface area contributed by atoms with Gasteiger partial charge in [0.15, 0.2) is 5.78 Å². The Bertz CT molecular complexity index is 401. The molecule has 0 N–H and O–H groups in total. The maximum atomic E-state index is 13.2. The highest BCUT2D eigenvalue weighted by Gasteiger charge is 2.12. The number of rotatable bonds is 7. The van der Waals surface area contributed by atoms with Gasteiger partial charge in [0, 0.05) is 12.0 Å². The molecule has 0 aliphatic rings. The Kier molecular flexibility index (Phi) is 6.12. The maximum absolute atomic E-state index is 13.2. The fourth-order valence-corrected chi connectivity index (χ4v) is 2.09. The van der Waals surface area contributed by atoms with E-state index in [0.717, 1.165) is 25.7 Å². The molecule has 0 spiro atoms. The summed E-state index contributed by atoms with van der Waals surface area (Å²) in [6.45, 7) is 3.65. The zero-order valence-corrected chi connectivity index (χ0v) is 11.3. The highest BCUT2D eigenvalue weighted by molar-refractivity contribution is 9.10. The molecule has 1 nitrogen and oxygen atoms in total. The van der Waals surface area contributed by atoms with E-state index in [4.69, 9.17) is 0 Å². The number of carbonyl (C=O) groups excluding carboxylic acids is 1. The topological polar surface area (TPSA) is 17.1 Å². The van der Waals surface area contributed by atoms with Gasteiger partial charge in [-0.25, -0.2) is 4.39 Å². The molecule has 17 heavy (non-hydrogen) atoms. The molecule has 1 aromatic rings. The van der Waals surface area contributed by atoms with Crippen molar-refractivity contribution in [3.8, 4) is 0 Å². The molecule has 0 saturated heterocycles. The Balaban J connectivity index is 2.47. The lowest BCUT2D eigenvalue weighted by Crippen LogP contribution is -2.01. The van der Waals surface area contributed by atoms with Gasteiger partial charge in [0.25, 0.3) is 0 Å². The summed E-state index contributed by atoms with van der Waals surface area (Å²) in [4.78, 5) is 11.8. The first kappa shape index (κ1) is 14.1. The number of ketones is 1. The molecule has 1 rings (SSSR count). The molecule has 0 amide bonds. The fourth-order valence-electron chi connectivity index (χ4n) is 1.60. The second-order valence-corrected chi connectivity index (χ2v) is 4.71. The average Bonchev–Trinajstić information content (AvgIpc) is 2.32. The van der Waals surface area contributed by atoms with E-state index in [1.54, 1.807) is 12.1 Å². The number of hydrogen-bond acceptors (Lipinski definition) is 1. The van der Waals surface area contributed by atoms with Crippen LogP contribution in [0.3, 0.4) is 0 Å². The number of hydrogen-bond donors (Lipinski definition) is 0. The first-order valence-electron chi connectivity index (χ1n) is 5.75. The zero-order valence-electron chi connectivity index (χ0n) is 9.72. The van der Waals surface area contributed by atoms with E-state index in [1.165, 1.54) is 6.07 Å². The van der Waals surface area contributed by atoms with Gasteiger partial charge in [0.1, 0.15) is 5.82 Å². The predicted molar refractivity (Wildman–Crippen MR) is 71.7 cm³/mol. The van der Waals surface area contributed by atoms with Crippen molar-refractivity contribution in [1.82, 2.24) is 0 Å². The monoisotopic (exact) mass is 298 g/mol. The quantitative estimate of drug-likeness (QED) is 0.397. The van der Waals surface area contributed by atoms with Crippen molar-refractivity contribution < 1.29 is 9.18 Å². The summed E-state index contributed by atoms with van der Waals surface area (Å²) in [6, 6.07) is 4.55. The Morgan fingerprint density at radius 1 is 1.35 bits per heavy atom. The van der Waals surface area contributed by atoms with Crippen LogP contribution in [0.5, 0.6) is 0 Å². The summed E-state index contributed by atoms with van der Waals surface area (Å²) in [5.74, 6) is -0.391. The summed E-state index contributed by atoms with van der Waals surface area (Å²) in [5.41, 5.74) is 0.439. The van der Waals surface area contributed by atoms with Crippen LogP contribution in [-0.4, -0.2) is 5.78 Å². The molecule has 0 unspecified atom stereocenters. The molecule has 3 heteroatoms. The normalized spacial score (nSPS) is 10.2. The third-order valence-corrected chi connectivity index (χ3v) is 3.37. The van der Waals surface area contributed by atoms with Gasteiger partial charge in [-0.1, -0.05) is 24.6 Å². The van der Waals surface area contributed by atoms with Crippen LogP contribution in [0.15, 0.2) is 35.3 Å². The predicted octanol–water partition coefficient (Wildman–Crippen LogP) is 4.91. The molecule has 1 aromatic carbocycles. The first-order valence-corrected chi connectivity index (χ1v) is 6.54. The zero-order chi connectivity index (χ0) is 12.7. The van der Waals surface area contributed by atoms with Crippen LogP contribution in [-0.2, 0) is 0 Å². The SMILES string of the molecule is C=CCCCCCC(=O)c1cccc(F)c1Br. The van der Waals surface area contributed by atoms with E-state index >= 15 is 0 Å². The number of Topliss-reactive ketones (excluding diaryl/α,β-unsaturated/α-hetero) is 1. The Hall–Kier alpha value is -0.960. The van der Waals surface area contributed by atoms with E-state index in [1.807, 2.05) is 6.08 Å². The lowest BCUT2D eigenvalue weighted by atomic mass is 10.0. The molecule has 0 radical (unpaired) electrons. The Labute approximate surface area is 110 Å². The number of carbonyl (C=O) groups is 1. The van der Waals surface area contributed by atoms with Crippen LogP contribution >= 0.6 is 15.9 Å². The van der Waals surface area contributed by atoms with Crippen molar-refractivity contribution in [2.75, 3.05) is 0 Å². The molecule has 92 valence electrons. The van der Waals surface area contributed by atoms with Crippen LogP contribution in [0, 0.1) is 5.82 Å². The minimum atomic E-state index is -0.387. The van der Waals surface area contributed by atoms with Gasteiger partial charge in [-0.2, -0.15) is 0 Å². The standard InChI is InChI=1S/C14H16BrFO/c1-2-3-4-5-6-10-13(17)11-8-7-9-12(16)14(11)15/h2,7-9H,1,3-6,10H2. The Morgan fingerprint density at radius 3 is 2.82 bits per heavy atom. The minimum Gasteiger partial charge on any atom is -0.294 e. The third-order valence-electron chi connectivity index (χ3n) is 2.56. The van der Waals surface area contributed by atoms with Crippen molar-refractivity contribution in [3.05, 3.63) is 46.7 Å². The van der Waals surface area contributed by atoms with Crippen LogP contribution in [0.2, 0.25) is 0 Å². The molecular formula is C14H16BrFO. The van der Waals surface area contributed by atoms with Crippen LogP contribution in [0.25, 0.3) is 0 Å². The van der Waals surface area contributed by atoms with Gasteiger partial charge in [-0.15, -0.1) is 6.58 Å². The lowest BCUT2D eigenvalue weighted by molar-refractivity contribution is 0.0978. The van der Waals surface area contributed by atoms with Gasteiger partial charge < -0.3 is 0 Å². The number of benzene rings is 1. The van der Waals surface area contributed by atoms with Crippen molar-refractivity contribution in [2.45, 2.75) is 32.1 Å². The molecule has 0 aromatic heterocycles. The molecule has 0 fully saturated rings. The average molecular weight is 299 g/mol. The molecular weight excluding hydrogens is 283 g/mol. The summed E-state index contributed by atoms with van der Waals surface area (Å²) in [6.07, 6.45) is 6.24. The highest BCUT2D eigenvalue weighted by Crippen LogP contribution is 2.22. The minimum absolute atomic E-state index is 0.00465. The van der Waals surface area contributed by atoms with Gasteiger partial charge in [0.05, 0.1) is 4.47 Å². The van der Waals surface area contributed by atoms with E-state index in [2.05, 4.69) is 22.5 Å². The van der Waals surface area contributed by atoms with Crippen LogP contribution in [0.1, 0.15) is 42.5 Å². The van der Waals surface area contributed by atoms with E-state index in [-0.39, 0.29) is 16.1 Å². The molecule has 0 atom stereocenters. The second kappa shape index (κ2) is 7.38. The summed E-state index contributed by atoms with van der Waals surface area (Å²) >= 11 is 3.11. The van der Waals surface area contributed by atoms with Gasteiger partial charge in [-0.3, -0.25) is 4.79 Å². The number of allylic oxidation sites excluding steroid dienone is 1. The van der Waals surface area contributed by atoms with E-state index < -0.39 is 0 Å². The summed E-state index contributed by atoms with van der Waals surface area (Å²) < 4.78 is 13.5. The smallest absolute Gasteiger partial charge is 0.164 e. The van der Waals surface area contributed by atoms with E-state index in [9.17, 15) is 9.18 Å². The van der Waals surface area contributed by atoms with Gasteiger partial charge in [0.2, 0.25) is 0 Å². The second-order valence-electron chi connectivity index (χ2n) is 3.91. The molecule has 0 aliphatic heterocycles. The van der Waals surface area contributed by atoms with Gasteiger partial charge in [-0.05, 0) is 41.3 Å². The largest absolute Gasteiger partial charge is 0.294 e. The molecule has 0 heterocycles. The fraction of sp³-hybridized carbons (Fsp3) is 0.357. The summed E-state index contributed by atoms with van der Waals surface area (Å²) in [7, 11) is 0. The summed E-state index contributed by atoms with van der Waals surface area (Å²) in [5, 5.41) is 0. The maximum Gasteiger partial charge on any atom is 0.164 e. The third kappa shape index (κ3) is 4.43. The van der Waals surface area contributed by atoms with Crippen molar-refractivity contribution in [2.24, 2.45) is 0 Å². The van der Waals surface area contributed by atoms with Crippen molar-refractivity contribution in [1.29, 1.82) is 0 Å². The first-order chi connectivity index (χ1) is 8.16. The number of unbranched alkanes of at least 4 members (excludes halogenated alkanes) is 3. The van der Waals surface area contributed by atoms with Crippen molar-refractivity contribution in [3.63, 3.8) is 0 Å².